The Morgan fingerprint density at radius 3 is 2.35 bits per heavy atom. The van der Waals surface area contributed by atoms with E-state index in [1.165, 1.54) is 5.56 Å². The molecular weight excluding hydrogens is 246 g/mol. The molecule has 2 aromatic carbocycles. The lowest BCUT2D eigenvalue weighted by atomic mass is 9.95. The van der Waals surface area contributed by atoms with Gasteiger partial charge in [0.05, 0.1) is 6.54 Å². The molecular formula is C18H23NO. The fourth-order valence-electron chi connectivity index (χ4n) is 2.47. The molecule has 2 aromatic rings. The van der Waals surface area contributed by atoms with Gasteiger partial charge in [-0.2, -0.15) is 0 Å². The van der Waals surface area contributed by atoms with E-state index < -0.39 is 5.60 Å². The first-order valence-corrected chi connectivity index (χ1v) is 7.12. The summed E-state index contributed by atoms with van der Waals surface area (Å²) < 4.78 is 0. The van der Waals surface area contributed by atoms with E-state index in [1.807, 2.05) is 37.3 Å². The van der Waals surface area contributed by atoms with Gasteiger partial charge in [-0.05, 0) is 44.0 Å². The van der Waals surface area contributed by atoms with E-state index in [2.05, 4.69) is 43.0 Å². The molecule has 2 nitrogen and oxygen atoms in total. The summed E-state index contributed by atoms with van der Waals surface area (Å²) in [7, 11) is 0. The number of anilines is 1. The lowest BCUT2D eigenvalue weighted by molar-refractivity contribution is 0.0646. The Kier molecular flexibility index (Phi) is 4.46. The Morgan fingerprint density at radius 2 is 1.75 bits per heavy atom. The maximum Gasteiger partial charge on any atom is 0.104 e. The van der Waals surface area contributed by atoms with Crippen LogP contribution in [0.4, 0.5) is 5.69 Å². The molecule has 0 spiro atoms. The minimum Gasteiger partial charge on any atom is -0.384 e. The zero-order chi connectivity index (χ0) is 14.6. The number of aliphatic hydroxyl groups is 1. The third-order valence-electron chi connectivity index (χ3n) is 3.64. The van der Waals surface area contributed by atoms with Crippen molar-refractivity contribution in [3.63, 3.8) is 0 Å². The van der Waals surface area contributed by atoms with Gasteiger partial charge in [0.25, 0.3) is 0 Å². The summed E-state index contributed by atoms with van der Waals surface area (Å²) in [5.41, 5.74) is 2.48. The molecule has 0 saturated carbocycles. The van der Waals surface area contributed by atoms with Gasteiger partial charge < -0.3 is 10.0 Å². The van der Waals surface area contributed by atoms with Crippen molar-refractivity contribution in [1.29, 1.82) is 0 Å². The molecule has 2 heteroatoms. The largest absolute Gasteiger partial charge is 0.384 e. The van der Waals surface area contributed by atoms with Crippen LogP contribution in [0.15, 0.2) is 54.6 Å². The smallest absolute Gasteiger partial charge is 0.104 e. The van der Waals surface area contributed by atoms with Gasteiger partial charge in [0, 0.05) is 12.2 Å². The Morgan fingerprint density at radius 1 is 1.05 bits per heavy atom. The van der Waals surface area contributed by atoms with Crippen LogP contribution >= 0.6 is 0 Å². The Bertz CT molecular complexity index is 548. The molecule has 0 saturated heterocycles. The molecule has 1 N–H and O–H groups in total. The van der Waals surface area contributed by atoms with E-state index in [1.54, 1.807) is 0 Å². The van der Waals surface area contributed by atoms with Crippen LogP contribution in [-0.2, 0) is 5.60 Å². The van der Waals surface area contributed by atoms with Crippen molar-refractivity contribution >= 4 is 5.69 Å². The summed E-state index contributed by atoms with van der Waals surface area (Å²) in [4.78, 5) is 2.21. The summed E-state index contributed by atoms with van der Waals surface area (Å²) in [6.45, 7) is 7.53. The van der Waals surface area contributed by atoms with E-state index in [4.69, 9.17) is 0 Å². The third kappa shape index (κ3) is 3.40. The monoisotopic (exact) mass is 269 g/mol. The molecule has 0 radical (unpaired) electrons. The van der Waals surface area contributed by atoms with Crippen molar-refractivity contribution in [3.8, 4) is 0 Å². The highest BCUT2D eigenvalue weighted by Crippen LogP contribution is 2.25. The van der Waals surface area contributed by atoms with Gasteiger partial charge >= 0.3 is 0 Å². The van der Waals surface area contributed by atoms with Crippen LogP contribution in [0.2, 0.25) is 0 Å². The summed E-state index contributed by atoms with van der Waals surface area (Å²) in [6.07, 6.45) is 0. The maximum absolute atomic E-state index is 10.8. The summed E-state index contributed by atoms with van der Waals surface area (Å²) in [5.74, 6) is 0. The number of aryl methyl sites for hydroxylation is 1. The molecule has 0 aliphatic heterocycles. The minimum absolute atomic E-state index is 0.580. The third-order valence-corrected chi connectivity index (χ3v) is 3.64. The Hall–Kier alpha value is -1.80. The van der Waals surface area contributed by atoms with Gasteiger partial charge in [0.15, 0.2) is 0 Å². The number of hydrogen-bond donors (Lipinski definition) is 1. The van der Waals surface area contributed by atoms with E-state index in [0.29, 0.717) is 6.54 Å². The topological polar surface area (TPSA) is 23.5 Å². The Balaban J connectivity index is 2.22. The number of likely N-dealkylation sites (N-methyl/N-ethyl adjacent to an activating group) is 1. The normalized spacial score (nSPS) is 13.8. The highest BCUT2D eigenvalue weighted by Gasteiger charge is 2.25. The van der Waals surface area contributed by atoms with E-state index in [-0.39, 0.29) is 0 Å². The van der Waals surface area contributed by atoms with Gasteiger partial charge in [-0.15, -0.1) is 0 Å². The van der Waals surface area contributed by atoms with Crippen LogP contribution in [-0.4, -0.2) is 18.2 Å². The van der Waals surface area contributed by atoms with Crippen molar-refractivity contribution in [2.24, 2.45) is 0 Å². The Labute approximate surface area is 121 Å². The second-order valence-corrected chi connectivity index (χ2v) is 5.49. The van der Waals surface area contributed by atoms with Crippen LogP contribution in [0, 0.1) is 6.92 Å². The quantitative estimate of drug-likeness (QED) is 0.894. The zero-order valence-electron chi connectivity index (χ0n) is 12.5. The molecule has 0 bridgehead atoms. The molecule has 20 heavy (non-hydrogen) atoms. The van der Waals surface area contributed by atoms with E-state index >= 15 is 0 Å². The number of nitrogens with zero attached hydrogens (tertiary/aromatic N) is 1. The van der Waals surface area contributed by atoms with E-state index in [9.17, 15) is 5.11 Å². The van der Waals surface area contributed by atoms with E-state index in [0.717, 1.165) is 17.8 Å². The highest BCUT2D eigenvalue weighted by atomic mass is 16.3. The molecule has 106 valence electrons. The molecule has 1 unspecified atom stereocenters. The van der Waals surface area contributed by atoms with Crippen LogP contribution < -0.4 is 4.90 Å². The molecule has 0 aliphatic carbocycles. The van der Waals surface area contributed by atoms with Crippen molar-refractivity contribution in [2.45, 2.75) is 26.4 Å². The number of benzene rings is 2. The highest BCUT2D eigenvalue weighted by molar-refractivity contribution is 5.49. The fraction of sp³-hybridized carbons (Fsp3) is 0.333. The molecule has 0 aromatic heterocycles. The molecule has 0 fully saturated rings. The predicted octanol–water partition coefficient (Wildman–Crippen LogP) is 3.73. The second kappa shape index (κ2) is 6.10. The number of rotatable bonds is 5. The number of hydrogen-bond acceptors (Lipinski definition) is 2. The minimum atomic E-state index is -0.860. The average Bonchev–Trinajstić information content (AvgIpc) is 2.46. The van der Waals surface area contributed by atoms with Crippen molar-refractivity contribution < 1.29 is 5.11 Å². The van der Waals surface area contributed by atoms with Gasteiger partial charge in [0.1, 0.15) is 5.60 Å². The van der Waals surface area contributed by atoms with Gasteiger partial charge in [-0.1, -0.05) is 42.5 Å². The fourth-order valence-corrected chi connectivity index (χ4v) is 2.47. The molecule has 0 aliphatic rings. The van der Waals surface area contributed by atoms with Gasteiger partial charge in [-0.3, -0.25) is 0 Å². The van der Waals surface area contributed by atoms with Crippen LogP contribution in [0.1, 0.15) is 25.0 Å². The van der Waals surface area contributed by atoms with Gasteiger partial charge in [-0.25, -0.2) is 0 Å². The average molecular weight is 269 g/mol. The SMILES string of the molecule is CCN(CC(C)(O)c1ccccc1)c1cccc(C)c1. The summed E-state index contributed by atoms with van der Waals surface area (Å²) in [5, 5.41) is 10.8. The van der Waals surface area contributed by atoms with Gasteiger partial charge in [0.2, 0.25) is 0 Å². The molecule has 0 heterocycles. The standard InChI is InChI=1S/C18H23NO/c1-4-19(17-12-8-9-15(2)13-17)14-18(3,20)16-10-6-5-7-11-16/h5-13,20H,4,14H2,1-3H3. The van der Waals surface area contributed by atoms with Crippen LogP contribution in [0.5, 0.6) is 0 Å². The first kappa shape index (κ1) is 14.6. The maximum atomic E-state index is 10.8. The predicted molar refractivity (Wildman–Crippen MR) is 85.1 cm³/mol. The first-order chi connectivity index (χ1) is 9.53. The summed E-state index contributed by atoms with van der Waals surface area (Å²) in [6, 6.07) is 18.3. The lowest BCUT2D eigenvalue weighted by Gasteiger charge is -2.33. The second-order valence-electron chi connectivity index (χ2n) is 5.49. The zero-order valence-corrected chi connectivity index (χ0v) is 12.5. The first-order valence-electron chi connectivity index (χ1n) is 7.12. The van der Waals surface area contributed by atoms with Crippen molar-refractivity contribution in [1.82, 2.24) is 0 Å². The molecule has 2 rings (SSSR count). The summed E-state index contributed by atoms with van der Waals surface area (Å²) >= 11 is 0. The van der Waals surface area contributed by atoms with Crippen LogP contribution in [0.3, 0.4) is 0 Å². The van der Waals surface area contributed by atoms with Crippen molar-refractivity contribution in [2.75, 3.05) is 18.0 Å². The molecule has 0 amide bonds. The molecule has 1 atom stereocenters. The van der Waals surface area contributed by atoms with Crippen molar-refractivity contribution in [3.05, 3.63) is 65.7 Å². The lowest BCUT2D eigenvalue weighted by Crippen LogP contribution is -2.39. The van der Waals surface area contributed by atoms with Crippen LogP contribution in [0.25, 0.3) is 0 Å².